The van der Waals surface area contributed by atoms with Gasteiger partial charge >= 0.3 is 0 Å². The Morgan fingerprint density at radius 1 is 0.157 bits per heavy atom. The van der Waals surface area contributed by atoms with Gasteiger partial charge in [0, 0.05) is 0 Å². The van der Waals surface area contributed by atoms with Gasteiger partial charge in [0.15, 0.2) is 0 Å². The molecule has 0 radical (unpaired) electrons. The lowest BCUT2D eigenvalue weighted by Gasteiger charge is -2.69. The van der Waals surface area contributed by atoms with Crippen molar-refractivity contribution in [3.8, 4) is 0 Å². The molecule has 0 heterocycles. The van der Waals surface area contributed by atoms with Crippen LogP contribution in [-0.4, -0.2) is 0 Å². The first kappa shape index (κ1) is 49.5. The molecule has 16 bridgehead atoms. The van der Waals surface area contributed by atoms with Crippen LogP contribution in [0.3, 0.4) is 0 Å². The highest BCUT2D eigenvalue weighted by Crippen LogP contribution is 2.71. The summed E-state index contributed by atoms with van der Waals surface area (Å²) >= 11 is 0. The van der Waals surface area contributed by atoms with E-state index in [1.165, 1.54) is 191 Å². The molecule has 0 N–H and O–H groups in total. The quantitative estimate of drug-likeness (QED) is 0.105. The lowest BCUT2D eigenvalue weighted by Crippen LogP contribution is -2.62. The topological polar surface area (TPSA) is 0 Å². The Kier molecular flexibility index (Phi) is 11.6. The molecular weight excluding hydrogens is 997 g/mol. The van der Waals surface area contributed by atoms with Gasteiger partial charge in [-0.1, -0.05) is 210 Å². The predicted octanol–water partition coefficient (Wildman–Crippen LogP) is 23.6. The first-order valence-corrected chi connectivity index (χ1v) is 34.6. The Hall–Kier alpha value is -5.72. The summed E-state index contributed by atoms with van der Waals surface area (Å²) in [5, 5.41) is 27.6. The van der Waals surface area contributed by atoms with Crippen molar-refractivity contribution in [1.29, 1.82) is 0 Å². The average Bonchev–Trinajstić information content (AvgIpc) is 1.42. The van der Waals surface area contributed by atoms with Crippen LogP contribution < -0.4 is 0 Å². The van der Waals surface area contributed by atoms with Crippen LogP contribution in [-0.2, 0) is 0 Å². The average molecular weight is 1080 g/mol. The summed E-state index contributed by atoms with van der Waals surface area (Å²) in [6.07, 6.45) is 36.7. The van der Waals surface area contributed by atoms with Crippen molar-refractivity contribution in [3.63, 3.8) is 0 Å². The van der Waals surface area contributed by atoms with Crippen LogP contribution in [0.4, 0.5) is 0 Å². The summed E-state index contributed by atoms with van der Waals surface area (Å²) in [5.41, 5.74) is 0. The van der Waals surface area contributed by atoms with Crippen molar-refractivity contribution in [2.24, 2.45) is 94.7 Å². The fraction of sp³-hybridized carbons (Fsp3) is 0.470. The maximum Gasteiger partial charge on any atom is -0.00139 e. The molecule has 0 atom stereocenters. The van der Waals surface area contributed by atoms with E-state index in [-0.39, 0.29) is 0 Å². The molecule has 0 amide bonds. The van der Waals surface area contributed by atoms with E-state index < -0.39 is 0 Å². The van der Waals surface area contributed by atoms with E-state index in [1.807, 2.05) is 0 Å². The molecule has 0 aliphatic heterocycles. The molecule has 0 saturated heterocycles. The van der Waals surface area contributed by atoms with Crippen molar-refractivity contribution >= 4 is 108 Å². The molecule has 16 aliphatic carbocycles. The maximum absolute atomic E-state index is 2.27. The summed E-state index contributed by atoms with van der Waals surface area (Å²) < 4.78 is 0. The fourth-order valence-corrected chi connectivity index (χ4v) is 23.8. The summed E-state index contributed by atoms with van der Waals surface area (Å²) in [6, 6.07) is 53.7. The van der Waals surface area contributed by atoms with Gasteiger partial charge < -0.3 is 0 Å². The molecule has 0 unspecified atom stereocenters. The summed E-state index contributed by atoms with van der Waals surface area (Å²) in [7, 11) is 0. The molecule has 0 nitrogen and oxygen atoms in total. The highest BCUT2D eigenvalue weighted by molar-refractivity contribution is 6.44. The van der Waals surface area contributed by atoms with Gasteiger partial charge in [-0.15, -0.1) is 0 Å². The molecule has 12 aromatic rings. The molecule has 83 heavy (non-hydrogen) atoms. The molecule has 0 heteroatoms. The largest absolute Gasteiger partial charge is 0.0610 e. The highest BCUT2D eigenvalue weighted by Gasteiger charge is 2.63. The lowest BCUT2D eigenvalue weighted by atomic mass is 9.36. The molecule has 418 valence electrons. The third-order valence-electron chi connectivity index (χ3n) is 26.8. The second-order valence-corrected chi connectivity index (χ2v) is 31.0. The number of fused-ring (bicyclic) bond motifs is 7. The highest BCUT2D eigenvalue weighted by atomic mass is 14.7. The van der Waals surface area contributed by atoms with Gasteiger partial charge in [-0.25, -0.2) is 0 Å². The summed E-state index contributed by atoms with van der Waals surface area (Å²) in [4.78, 5) is 0. The van der Waals surface area contributed by atoms with Crippen molar-refractivity contribution in [1.82, 2.24) is 0 Å². The molecule has 16 fully saturated rings. The van der Waals surface area contributed by atoms with Gasteiger partial charge in [0.05, 0.1) is 0 Å². The zero-order valence-corrected chi connectivity index (χ0v) is 49.4. The minimum Gasteiger partial charge on any atom is -0.0610 e. The molecule has 0 aromatic heterocycles. The zero-order chi connectivity index (χ0) is 54.0. The number of rotatable bonds is 0. The van der Waals surface area contributed by atoms with E-state index >= 15 is 0 Å². The summed E-state index contributed by atoms with van der Waals surface area (Å²) in [5.74, 6) is 19.1. The standard InChI is InChI=1S/C24H12.C20H12.C14H20.C10H16.C8H14.C7H12/c1-2-14-5-6-16-9-11-18-12-10-17-8-7-15-4-3-13(1)19-20(14)22(16)24(18)23(17)21(15)19;1-5-13-6-2-11-17-18-12-4-8-14-7-3-10-16(20(14)18)15(9-1)19(13)17;1-7-2-12-10-4-8-5-11(9(1)10)13(3-7)14(12)6-8;1-7-2-9-4-8(1)5-10(3-7)6-9;1-2-8-5-3-7(1)4-6-8;1-2-7-4-3-6(1)5-7/h1-12H;1-12H;7-14H,1-6H2;7-10H,1-6H2;7-8H,1-6H2;6-7H,1-5H2. The Labute approximate surface area is 492 Å². The maximum atomic E-state index is 2.27. The molecule has 16 saturated carbocycles. The van der Waals surface area contributed by atoms with Crippen LogP contribution in [0.5, 0.6) is 0 Å². The molecular formula is C83H86. The van der Waals surface area contributed by atoms with Crippen molar-refractivity contribution < 1.29 is 0 Å². The van der Waals surface area contributed by atoms with E-state index in [9.17, 15) is 0 Å². The first-order valence-electron chi connectivity index (χ1n) is 34.6. The third-order valence-corrected chi connectivity index (χ3v) is 26.8. The van der Waals surface area contributed by atoms with E-state index in [0.717, 1.165) is 11.8 Å². The molecule has 0 spiro atoms. The normalized spacial score (nSPS) is 34.1. The van der Waals surface area contributed by atoms with Gasteiger partial charge in [0.1, 0.15) is 0 Å². The Balaban J connectivity index is 0.0000000778. The fourth-order valence-electron chi connectivity index (χ4n) is 23.8. The van der Waals surface area contributed by atoms with E-state index in [1.54, 1.807) is 148 Å². The number of benzene rings is 12. The minimum absolute atomic E-state index is 1.15. The first-order chi connectivity index (χ1) is 41.0. The van der Waals surface area contributed by atoms with Crippen LogP contribution in [0, 0.1) is 94.7 Å². The minimum atomic E-state index is 1.15. The van der Waals surface area contributed by atoms with Crippen LogP contribution >= 0.6 is 0 Å². The van der Waals surface area contributed by atoms with Crippen LogP contribution in [0.15, 0.2) is 146 Å². The van der Waals surface area contributed by atoms with Gasteiger partial charge in [0.2, 0.25) is 0 Å². The van der Waals surface area contributed by atoms with Crippen molar-refractivity contribution in [2.75, 3.05) is 0 Å². The predicted molar refractivity (Wildman–Crippen MR) is 355 cm³/mol. The van der Waals surface area contributed by atoms with E-state index in [0.29, 0.717) is 0 Å². The molecule has 12 aromatic carbocycles. The Morgan fingerprint density at radius 2 is 0.337 bits per heavy atom. The summed E-state index contributed by atoms with van der Waals surface area (Å²) in [6.45, 7) is 0. The second-order valence-electron chi connectivity index (χ2n) is 31.0. The SMILES string of the molecule is C1C2CC3C4CC5CC(C14)C(C2)C3C5.C1C2CC3CC1CC(C2)C3.C1CC2CCC1C2.C1CC2CCC1CC2.c1cc2ccc3ccc4ccc5ccc6ccc1c1c2c3c4c5c61.c1cc2cccc3c4cccc5cccc(c(c1)c23)c54. The zero-order valence-electron chi connectivity index (χ0n) is 49.4. The van der Waals surface area contributed by atoms with Crippen molar-refractivity contribution in [2.45, 2.75) is 148 Å². The number of hydrogen-bond donors (Lipinski definition) is 0. The van der Waals surface area contributed by atoms with E-state index in [2.05, 4.69) is 146 Å². The monoisotopic (exact) mass is 1080 g/mol. The van der Waals surface area contributed by atoms with Gasteiger partial charge in [-0.05, 0) is 286 Å². The molecule has 28 rings (SSSR count). The van der Waals surface area contributed by atoms with Crippen LogP contribution in [0.25, 0.3) is 108 Å². The lowest BCUT2D eigenvalue weighted by molar-refractivity contribution is -0.202. The van der Waals surface area contributed by atoms with Gasteiger partial charge in [-0.3, -0.25) is 0 Å². The van der Waals surface area contributed by atoms with Crippen LogP contribution in [0.1, 0.15) is 148 Å². The Morgan fingerprint density at radius 3 is 0.530 bits per heavy atom. The second kappa shape index (κ2) is 19.4. The van der Waals surface area contributed by atoms with Gasteiger partial charge in [0.25, 0.3) is 0 Å². The smallest absolute Gasteiger partial charge is 0.00139 e. The Bertz CT molecular complexity index is 3600. The van der Waals surface area contributed by atoms with Crippen LogP contribution in [0.2, 0.25) is 0 Å². The van der Waals surface area contributed by atoms with E-state index in [4.69, 9.17) is 0 Å². The number of hydrogen-bond acceptors (Lipinski definition) is 0. The molecule has 16 aliphatic rings. The van der Waals surface area contributed by atoms with Crippen molar-refractivity contribution in [3.05, 3.63) is 146 Å². The van der Waals surface area contributed by atoms with Gasteiger partial charge in [-0.2, -0.15) is 0 Å². The third kappa shape index (κ3) is 8.01.